The number of anilines is 1. The van der Waals surface area contributed by atoms with Gasteiger partial charge in [0.15, 0.2) is 0 Å². The van der Waals surface area contributed by atoms with E-state index in [0.717, 1.165) is 18.9 Å². The van der Waals surface area contributed by atoms with Crippen molar-refractivity contribution in [2.45, 2.75) is 45.2 Å². The molecular weight excluding hydrogens is 266 g/mol. The molecule has 3 rings (SSSR count). The summed E-state index contributed by atoms with van der Waals surface area (Å²) < 4.78 is 0. The van der Waals surface area contributed by atoms with Gasteiger partial charge in [0.05, 0.1) is 11.3 Å². The molecule has 2 atom stereocenters. The van der Waals surface area contributed by atoms with E-state index in [2.05, 4.69) is 21.7 Å². The number of carbonyl (C=O) groups is 1. The molecule has 0 aromatic carbocycles. The van der Waals surface area contributed by atoms with Crippen molar-refractivity contribution in [3.63, 3.8) is 0 Å². The van der Waals surface area contributed by atoms with Gasteiger partial charge >= 0.3 is 5.97 Å². The van der Waals surface area contributed by atoms with Crippen LogP contribution in [0.4, 0.5) is 5.82 Å². The first-order valence-corrected chi connectivity index (χ1v) is 7.78. The molecule has 0 radical (unpaired) electrons. The van der Waals surface area contributed by atoms with E-state index >= 15 is 0 Å². The third kappa shape index (κ3) is 2.75. The predicted octanol–water partition coefficient (Wildman–Crippen LogP) is 2.15. The van der Waals surface area contributed by atoms with Gasteiger partial charge in [-0.15, -0.1) is 0 Å². The van der Waals surface area contributed by atoms with Crippen LogP contribution < -0.4 is 4.90 Å². The average molecular weight is 289 g/mol. The van der Waals surface area contributed by atoms with Gasteiger partial charge in [-0.05, 0) is 45.4 Å². The molecule has 114 valence electrons. The normalized spacial score (nSPS) is 26.5. The fraction of sp³-hybridized carbons (Fsp3) is 0.625. The molecule has 0 aliphatic carbocycles. The molecule has 5 heteroatoms. The molecule has 2 aliphatic heterocycles. The Bertz CT molecular complexity index is 546. The van der Waals surface area contributed by atoms with Gasteiger partial charge in [0.1, 0.15) is 5.82 Å². The van der Waals surface area contributed by atoms with Crippen molar-refractivity contribution < 1.29 is 9.90 Å². The van der Waals surface area contributed by atoms with E-state index in [1.165, 1.54) is 25.8 Å². The largest absolute Gasteiger partial charge is 0.478 e. The van der Waals surface area contributed by atoms with Crippen LogP contribution in [0.1, 0.15) is 42.2 Å². The topological polar surface area (TPSA) is 56.7 Å². The van der Waals surface area contributed by atoms with Crippen molar-refractivity contribution in [1.82, 2.24) is 9.88 Å². The smallest absolute Gasteiger partial charge is 0.337 e. The number of nitrogens with zero attached hydrogens (tertiary/aromatic N) is 3. The van der Waals surface area contributed by atoms with Crippen molar-refractivity contribution in [3.8, 4) is 0 Å². The molecule has 1 aromatic rings. The molecule has 3 heterocycles. The lowest BCUT2D eigenvalue weighted by atomic mass is 9.97. The minimum atomic E-state index is -0.906. The van der Waals surface area contributed by atoms with Gasteiger partial charge in [-0.2, -0.15) is 0 Å². The summed E-state index contributed by atoms with van der Waals surface area (Å²) in [4.78, 5) is 20.6. The van der Waals surface area contributed by atoms with E-state index in [9.17, 15) is 4.79 Å². The van der Waals surface area contributed by atoms with Crippen LogP contribution in [0.5, 0.6) is 0 Å². The molecule has 2 fully saturated rings. The zero-order valence-electron chi connectivity index (χ0n) is 12.7. The molecule has 2 saturated heterocycles. The van der Waals surface area contributed by atoms with E-state index < -0.39 is 5.97 Å². The van der Waals surface area contributed by atoms with Gasteiger partial charge < -0.3 is 10.0 Å². The van der Waals surface area contributed by atoms with Crippen LogP contribution in [-0.4, -0.2) is 52.7 Å². The molecule has 2 unspecified atom stereocenters. The maximum atomic E-state index is 11.1. The monoisotopic (exact) mass is 289 g/mol. The quantitative estimate of drug-likeness (QED) is 0.904. The third-order valence-corrected chi connectivity index (χ3v) is 4.78. The van der Waals surface area contributed by atoms with Crippen molar-refractivity contribution in [2.24, 2.45) is 0 Å². The standard InChI is InChI=1S/C16H23N3O2/c1-11-9-18-8-4-3-5-13(18)10-19(11)15-7-6-14(16(20)21)12(2)17-15/h6-7,11,13H,3-5,8-10H2,1-2H3,(H,20,21). The first kappa shape index (κ1) is 14.3. The Labute approximate surface area is 125 Å². The number of aryl methyl sites for hydroxylation is 1. The Morgan fingerprint density at radius 2 is 2.14 bits per heavy atom. The number of fused-ring (bicyclic) bond motifs is 1. The highest BCUT2D eigenvalue weighted by Crippen LogP contribution is 2.27. The summed E-state index contributed by atoms with van der Waals surface area (Å²) in [5.74, 6) is 0.00641. The number of carboxylic acid groups (broad SMARTS) is 1. The van der Waals surface area contributed by atoms with Crippen molar-refractivity contribution in [1.29, 1.82) is 0 Å². The summed E-state index contributed by atoms with van der Waals surface area (Å²) in [6, 6.07) is 4.57. The van der Waals surface area contributed by atoms with Crippen LogP contribution in [0.2, 0.25) is 0 Å². The van der Waals surface area contributed by atoms with Crippen LogP contribution in [0, 0.1) is 6.92 Å². The third-order valence-electron chi connectivity index (χ3n) is 4.78. The highest BCUT2D eigenvalue weighted by molar-refractivity contribution is 5.89. The van der Waals surface area contributed by atoms with E-state index in [1.54, 1.807) is 13.0 Å². The van der Waals surface area contributed by atoms with Gasteiger partial charge in [0.25, 0.3) is 0 Å². The first-order chi connectivity index (χ1) is 10.1. The van der Waals surface area contributed by atoms with E-state index in [0.29, 0.717) is 23.3 Å². The fourth-order valence-electron chi connectivity index (χ4n) is 3.61. The second kappa shape index (κ2) is 5.64. The van der Waals surface area contributed by atoms with Crippen LogP contribution >= 0.6 is 0 Å². The molecule has 21 heavy (non-hydrogen) atoms. The minimum Gasteiger partial charge on any atom is -0.478 e. The summed E-state index contributed by atoms with van der Waals surface area (Å²) in [6.45, 7) is 7.29. The lowest BCUT2D eigenvalue weighted by molar-refractivity contribution is 0.0695. The summed E-state index contributed by atoms with van der Waals surface area (Å²) in [5, 5.41) is 9.11. The van der Waals surface area contributed by atoms with Gasteiger partial charge in [0.2, 0.25) is 0 Å². The number of piperidine rings is 1. The zero-order valence-corrected chi connectivity index (χ0v) is 12.7. The van der Waals surface area contributed by atoms with Crippen LogP contribution in [0.3, 0.4) is 0 Å². The van der Waals surface area contributed by atoms with Gasteiger partial charge in [0, 0.05) is 25.2 Å². The average Bonchev–Trinajstić information content (AvgIpc) is 2.46. The molecule has 5 nitrogen and oxygen atoms in total. The van der Waals surface area contributed by atoms with Crippen molar-refractivity contribution in [3.05, 3.63) is 23.4 Å². The number of pyridine rings is 1. The molecule has 2 aliphatic rings. The van der Waals surface area contributed by atoms with E-state index in [1.807, 2.05) is 6.07 Å². The lowest BCUT2D eigenvalue weighted by Crippen LogP contribution is -2.59. The SMILES string of the molecule is Cc1nc(N2CC3CCCCN3CC2C)ccc1C(=O)O. The van der Waals surface area contributed by atoms with Gasteiger partial charge in [-0.3, -0.25) is 4.90 Å². The number of piperazine rings is 1. The van der Waals surface area contributed by atoms with Crippen LogP contribution in [-0.2, 0) is 0 Å². The Kier molecular flexibility index (Phi) is 3.85. The molecular formula is C16H23N3O2. The molecule has 1 aromatic heterocycles. The fourth-order valence-corrected chi connectivity index (χ4v) is 3.61. The Balaban J connectivity index is 1.82. The first-order valence-electron chi connectivity index (χ1n) is 7.78. The van der Waals surface area contributed by atoms with Crippen LogP contribution in [0.15, 0.2) is 12.1 Å². The molecule has 1 N–H and O–H groups in total. The van der Waals surface area contributed by atoms with Crippen molar-refractivity contribution >= 4 is 11.8 Å². The second-order valence-electron chi connectivity index (χ2n) is 6.25. The second-order valence-corrected chi connectivity index (χ2v) is 6.25. The van der Waals surface area contributed by atoms with Gasteiger partial charge in [-0.25, -0.2) is 9.78 Å². The summed E-state index contributed by atoms with van der Waals surface area (Å²) >= 11 is 0. The Morgan fingerprint density at radius 3 is 2.86 bits per heavy atom. The molecule has 0 spiro atoms. The van der Waals surface area contributed by atoms with E-state index in [4.69, 9.17) is 5.11 Å². The molecule has 0 saturated carbocycles. The number of hydrogen-bond donors (Lipinski definition) is 1. The summed E-state index contributed by atoms with van der Waals surface area (Å²) in [6.07, 6.45) is 3.89. The number of hydrogen-bond acceptors (Lipinski definition) is 4. The number of rotatable bonds is 2. The highest BCUT2D eigenvalue weighted by Gasteiger charge is 2.33. The number of carboxylic acids is 1. The molecule has 0 bridgehead atoms. The zero-order chi connectivity index (χ0) is 15.0. The molecule has 0 amide bonds. The summed E-state index contributed by atoms with van der Waals surface area (Å²) in [7, 11) is 0. The highest BCUT2D eigenvalue weighted by atomic mass is 16.4. The lowest BCUT2D eigenvalue weighted by Gasteiger charge is -2.48. The number of aromatic nitrogens is 1. The Hall–Kier alpha value is -1.62. The van der Waals surface area contributed by atoms with Crippen LogP contribution in [0.25, 0.3) is 0 Å². The minimum absolute atomic E-state index is 0.294. The van der Waals surface area contributed by atoms with E-state index in [-0.39, 0.29) is 0 Å². The maximum absolute atomic E-state index is 11.1. The van der Waals surface area contributed by atoms with Crippen molar-refractivity contribution in [2.75, 3.05) is 24.5 Å². The Morgan fingerprint density at radius 1 is 1.33 bits per heavy atom. The number of aromatic carboxylic acids is 1. The summed E-state index contributed by atoms with van der Waals surface area (Å²) in [5.41, 5.74) is 0.890. The predicted molar refractivity (Wildman–Crippen MR) is 82.0 cm³/mol. The maximum Gasteiger partial charge on any atom is 0.337 e. The van der Waals surface area contributed by atoms with Gasteiger partial charge in [-0.1, -0.05) is 6.42 Å².